The van der Waals surface area contributed by atoms with Crippen molar-refractivity contribution in [3.8, 4) is 11.3 Å². The van der Waals surface area contributed by atoms with Crippen LogP contribution in [0.1, 0.15) is 16.1 Å². The van der Waals surface area contributed by atoms with Gasteiger partial charge in [-0.1, -0.05) is 11.6 Å². The molecular weight excluding hydrogens is 361 g/mol. The van der Waals surface area contributed by atoms with Crippen LogP contribution < -0.4 is 0 Å². The maximum atomic E-state index is 12.9. The lowest BCUT2D eigenvalue weighted by Gasteiger charge is -1.99. The Labute approximate surface area is 152 Å². The lowest BCUT2D eigenvalue weighted by molar-refractivity contribution is -0.384. The minimum absolute atomic E-state index is 0.0373. The molecule has 26 heavy (non-hydrogen) atoms. The summed E-state index contributed by atoms with van der Waals surface area (Å²) in [5, 5.41) is 11.0. The van der Waals surface area contributed by atoms with Crippen LogP contribution in [0, 0.1) is 15.9 Å². The number of carbonyl (C=O) groups excluding carboxylic acids is 1. The number of hydrogen-bond acceptors (Lipinski definition) is 4. The summed E-state index contributed by atoms with van der Waals surface area (Å²) in [4.78, 5) is 22.4. The number of rotatable bonds is 5. The van der Waals surface area contributed by atoms with Crippen molar-refractivity contribution in [3.05, 3.63) is 93.0 Å². The second kappa shape index (κ2) is 7.33. The summed E-state index contributed by atoms with van der Waals surface area (Å²) in [7, 11) is 0. The van der Waals surface area contributed by atoms with Crippen LogP contribution in [-0.4, -0.2) is 10.7 Å². The van der Waals surface area contributed by atoms with E-state index in [0.29, 0.717) is 22.6 Å². The van der Waals surface area contributed by atoms with Gasteiger partial charge in [-0.25, -0.2) is 4.39 Å². The standard InChI is InChI=1S/C19H11ClFNO4/c20-16-8-3-13(11-17(16)22(24)25)19-10-7-15(26-19)6-9-18(23)12-1-4-14(21)5-2-12/h1-11H/b9-6+. The normalized spacial score (nSPS) is 11.0. The van der Waals surface area contributed by atoms with Gasteiger partial charge in [-0.15, -0.1) is 0 Å². The predicted octanol–water partition coefficient (Wildman–Crippen LogP) is 5.54. The molecule has 0 aliphatic heterocycles. The van der Waals surface area contributed by atoms with E-state index in [0.717, 1.165) is 0 Å². The molecule has 2 aromatic carbocycles. The van der Waals surface area contributed by atoms with Crippen molar-refractivity contribution >= 4 is 29.1 Å². The van der Waals surface area contributed by atoms with Gasteiger partial charge < -0.3 is 4.42 Å². The van der Waals surface area contributed by atoms with Gasteiger partial charge in [0.05, 0.1) is 4.92 Å². The highest BCUT2D eigenvalue weighted by Gasteiger charge is 2.15. The number of nitro groups is 1. The first kappa shape index (κ1) is 17.6. The van der Waals surface area contributed by atoms with E-state index in [1.165, 1.54) is 48.6 Å². The molecule has 0 amide bonds. The lowest BCUT2D eigenvalue weighted by Crippen LogP contribution is -1.93. The number of ketones is 1. The Morgan fingerprint density at radius 1 is 1.12 bits per heavy atom. The summed E-state index contributed by atoms with van der Waals surface area (Å²) in [6, 6.07) is 12.8. The van der Waals surface area contributed by atoms with E-state index in [1.54, 1.807) is 18.2 Å². The Balaban J connectivity index is 1.80. The molecule has 5 nitrogen and oxygen atoms in total. The first-order valence-electron chi connectivity index (χ1n) is 7.46. The van der Waals surface area contributed by atoms with Crippen molar-refractivity contribution < 1.29 is 18.5 Å². The highest BCUT2D eigenvalue weighted by atomic mass is 35.5. The van der Waals surface area contributed by atoms with Crippen LogP contribution in [0.5, 0.6) is 0 Å². The first-order valence-corrected chi connectivity index (χ1v) is 7.84. The number of nitrogens with zero attached hydrogens (tertiary/aromatic N) is 1. The zero-order valence-corrected chi connectivity index (χ0v) is 13.9. The summed E-state index contributed by atoms with van der Waals surface area (Å²) < 4.78 is 18.5. The number of halogens is 2. The van der Waals surface area contributed by atoms with E-state index in [4.69, 9.17) is 16.0 Å². The first-order chi connectivity index (χ1) is 12.4. The molecule has 7 heteroatoms. The molecule has 130 valence electrons. The van der Waals surface area contributed by atoms with E-state index >= 15 is 0 Å². The fraction of sp³-hybridized carbons (Fsp3) is 0. The molecule has 0 atom stereocenters. The molecule has 0 radical (unpaired) electrons. The Hall–Kier alpha value is -3.25. The highest BCUT2D eigenvalue weighted by Crippen LogP contribution is 2.31. The van der Waals surface area contributed by atoms with Crippen LogP contribution in [0.4, 0.5) is 10.1 Å². The van der Waals surface area contributed by atoms with E-state index in [-0.39, 0.29) is 16.5 Å². The van der Waals surface area contributed by atoms with E-state index < -0.39 is 10.7 Å². The Morgan fingerprint density at radius 3 is 2.54 bits per heavy atom. The molecule has 0 spiro atoms. The third-order valence-corrected chi connectivity index (χ3v) is 3.90. The summed E-state index contributed by atoms with van der Waals surface area (Å²) in [6.45, 7) is 0. The molecule has 3 aromatic rings. The molecule has 0 saturated heterocycles. The van der Waals surface area contributed by atoms with Gasteiger partial charge in [-0.2, -0.15) is 0 Å². The fourth-order valence-corrected chi connectivity index (χ4v) is 2.46. The van der Waals surface area contributed by atoms with Gasteiger partial charge in [0.15, 0.2) is 5.78 Å². The quantitative estimate of drug-likeness (QED) is 0.255. The second-order valence-corrected chi connectivity index (χ2v) is 5.74. The number of allylic oxidation sites excluding steroid dienone is 1. The molecular formula is C19H11ClFNO4. The molecule has 3 rings (SSSR count). The van der Waals surface area contributed by atoms with Crippen LogP contribution in [0.2, 0.25) is 5.02 Å². The predicted molar refractivity (Wildman–Crippen MR) is 95.6 cm³/mol. The zero-order valence-electron chi connectivity index (χ0n) is 13.2. The van der Waals surface area contributed by atoms with Crippen LogP contribution in [0.15, 0.2) is 65.1 Å². The van der Waals surface area contributed by atoms with E-state index in [1.807, 2.05) is 0 Å². The number of nitro benzene ring substituents is 1. The molecule has 0 aliphatic carbocycles. The van der Waals surface area contributed by atoms with Gasteiger partial charge in [-0.3, -0.25) is 14.9 Å². The van der Waals surface area contributed by atoms with Crippen LogP contribution in [0.25, 0.3) is 17.4 Å². The topological polar surface area (TPSA) is 73.3 Å². The lowest BCUT2D eigenvalue weighted by atomic mass is 10.1. The van der Waals surface area contributed by atoms with Crippen molar-refractivity contribution in [3.63, 3.8) is 0 Å². The summed E-state index contributed by atoms with van der Waals surface area (Å²) in [5.41, 5.74) is 0.623. The van der Waals surface area contributed by atoms with Crippen molar-refractivity contribution in [2.45, 2.75) is 0 Å². The van der Waals surface area contributed by atoms with Gasteiger partial charge in [0, 0.05) is 17.2 Å². The molecule has 0 fully saturated rings. The molecule has 0 N–H and O–H groups in total. The molecule has 0 unspecified atom stereocenters. The smallest absolute Gasteiger partial charge is 0.288 e. The van der Waals surface area contributed by atoms with Crippen molar-refractivity contribution in [1.29, 1.82) is 0 Å². The Kier molecular flexibility index (Phi) is 4.95. The Morgan fingerprint density at radius 2 is 1.85 bits per heavy atom. The molecule has 0 aliphatic rings. The van der Waals surface area contributed by atoms with Crippen molar-refractivity contribution in [2.24, 2.45) is 0 Å². The summed E-state index contributed by atoms with van der Waals surface area (Å²) in [5.74, 6) is 0.0788. The zero-order chi connectivity index (χ0) is 18.7. The minimum Gasteiger partial charge on any atom is -0.457 e. The van der Waals surface area contributed by atoms with E-state index in [2.05, 4.69) is 0 Å². The highest BCUT2D eigenvalue weighted by molar-refractivity contribution is 6.32. The minimum atomic E-state index is -0.572. The van der Waals surface area contributed by atoms with Gasteiger partial charge >= 0.3 is 0 Å². The molecule has 1 heterocycles. The number of furan rings is 1. The Bertz CT molecular complexity index is 1010. The molecule has 1 aromatic heterocycles. The summed E-state index contributed by atoms with van der Waals surface area (Å²) in [6.07, 6.45) is 2.78. The number of hydrogen-bond donors (Lipinski definition) is 0. The fourth-order valence-electron chi connectivity index (χ4n) is 2.27. The summed E-state index contributed by atoms with van der Waals surface area (Å²) >= 11 is 5.79. The number of carbonyl (C=O) groups is 1. The number of benzene rings is 2. The van der Waals surface area contributed by atoms with Gasteiger partial charge in [-0.05, 0) is 60.7 Å². The maximum absolute atomic E-state index is 12.9. The van der Waals surface area contributed by atoms with Gasteiger partial charge in [0.1, 0.15) is 22.4 Å². The van der Waals surface area contributed by atoms with Crippen LogP contribution in [-0.2, 0) is 0 Å². The maximum Gasteiger partial charge on any atom is 0.288 e. The largest absolute Gasteiger partial charge is 0.457 e. The molecule has 0 bridgehead atoms. The second-order valence-electron chi connectivity index (χ2n) is 5.33. The van der Waals surface area contributed by atoms with Crippen molar-refractivity contribution in [2.75, 3.05) is 0 Å². The van der Waals surface area contributed by atoms with E-state index in [9.17, 15) is 19.3 Å². The van der Waals surface area contributed by atoms with Crippen LogP contribution >= 0.6 is 11.6 Å². The average Bonchev–Trinajstić information content (AvgIpc) is 3.09. The van der Waals surface area contributed by atoms with Gasteiger partial charge in [0.2, 0.25) is 0 Å². The van der Waals surface area contributed by atoms with Gasteiger partial charge in [0.25, 0.3) is 5.69 Å². The third-order valence-electron chi connectivity index (χ3n) is 3.58. The third kappa shape index (κ3) is 3.87. The van der Waals surface area contributed by atoms with Crippen LogP contribution in [0.3, 0.4) is 0 Å². The SMILES string of the molecule is O=C(/C=C/c1ccc(-c2ccc(Cl)c([N+](=O)[O-])c2)o1)c1ccc(F)cc1. The van der Waals surface area contributed by atoms with Crippen molar-refractivity contribution in [1.82, 2.24) is 0 Å². The monoisotopic (exact) mass is 371 g/mol. The average molecular weight is 372 g/mol. The molecule has 0 saturated carbocycles.